The van der Waals surface area contributed by atoms with Crippen molar-refractivity contribution in [1.82, 2.24) is 25.3 Å². The van der Waals surface area contributed by atoms with Crippen LogP contribution in [-0.4, -0.2) is 54.5 Å². The number of piperidine rings is 1. The van der Waals surface area contributed by atoms with Gasteiger partial charge < -0.3 is 40.0 Å². The van der Waals surface area contributed by atoms with Gasteiger partial charge in [-0.3, -0.25) is 4.68 Å². The van der Waals surface area contributed by atoms with Crippen LogP contribution < -0.4 is 50.8 Å². The second kappa shape index (κ2) is 28.1. The van der Waals surface area contributed by atoms with Gasteiger partial charge in [-0.05, 0) is 122 Å². The Balaban J connectivity index is 0.000000288. The van der Waals surface area contributed by atoms with Crippen molar-refractivity contribution in [1.29, 1.82) is 0 Å². The van der Waals surface area contributed by atoms with E-state index in [1.54, 1.807) is 32.4 Å². The number of hydrogen-bond acceptors (Lipinski definition) is 6. The fraction of sp³-hybridized carbons (Fsp3) is 0.453. The van der Waals surface area contributed by atoms with Crippen molar-refractivity contribution in [3.05, 3.63) is 175 Å². The van der Waals surface area contributed by atoms with Crippen molar-refractivity contribution in [2.24, 2.45) is 24.1 Å². The molecule has 2 heterocycles. The van der Waals surface area contributed by atoms with E-state index < -0.39 is 23.3 Å². The summed E-state index contributed by atoms with van der Waals surface area (Å²) < 4.78 is 64.5. The van der Waals surface area contributed by atoms with Crippen LogP contribution in [0.4, 0.5) is 23.4 Å². The van der Waals surface area contributed by atoms with Gasteiger partial charge in [0.05, 0.1) is 16.2 Å². The Morgan fingerprint density at radius 2 is 1.66 bits per heavy atom. The van der Waals surface area contributed by atoms with E-state index in [4.69, 9.17) is 17.3 Å². The number of anilines is 1. The van der Waals surface area contributed by atoms with Gasteiger partial charge in [-0.2, -0.15) is 17.9 Å². The second-order valence-electron chi connectivity index (χ2n) is 22.0. The third-order valence-corrected chi connectivity index (χ3v) is 17.2. The number of benzene rings is 4. The first kappa shape index (κ1) is 63.3. The molecule has 2 aliphatic carbocycles. The summed E-state index contributed by atoms with van der Waals surface area (Å²) in [5.41, 5.74) is 11.3. The summed E-state index contributed by atoms with van der Waals surface area (Å²) in [4.78, 5) is 4.38. The average Bonchev–Trinajstić information content (AvgIpc) is 3.97. The summed E-state index contributed by atoms with van der Waals surface area (Å²) in [5.74, 6) is -0.138. The first-order chi connectivity index (χ1) is 35.9. The minimum atomic E-state index is -0.543. The van der Waals surface area contributed by atoms with E-state index in [1.165, 1.54) is 55.3 Å². The van der Waals surface area contributed by atoms with E-state index in [1.807, 2.05) is 36.1 Å². The van der Waals surface area contributed by atoms with Crippen LogP contribution in [0.3, 0.4) is 0 Å². The SMILES string of the molecule is C=C(N)c1ccc(CCC)c(F)c1-c1c(Cl)c(F)cc2c1C(C)C(C)(c1ccccc1)C2.C=CCCN(C(=C)NC)c1nn(C)c2c(F)c(C3CCN(CC(C)(CCNC=C)CCC4CC[CH-]CC4)CC3)c(F)cc12.[CH3-].[Na+]. The van der Waals surface area contributed by atoms with Crippen LogP contribution in [0.5, 0.6) is 0 Å². The largest absolute Gasteiger partial charge is 1.00 e. The maximum Gasteiger partial charge on any atom is 1.00 e. The van der Waals surface area contributed by atoms with Crippen LogP contribution in [-0.2, 0) is 25.3 Å². The number of aromatic nitrogens is 2. The molecule has 3 aliphatic rings. The van der Waals surface area contributed by atoms with E-state index in [9.17, 15) is 0 Å². The average molecular weight is 1090 g/mol. The van der Waals surface area contributed by atoms with Gasteiger partial charge in [-0.1, -0.05) is 133 Å². The smallest absolute Gasteiger partial charge is 0.399 e. The summed E-state index contributed by atoms with van der Waals surface area (Å²) >= 11 is 6.58. The predicted molar refractivity (Wildman–Crippen MR) is 312 cm³/mol. The van der Waals surface area contributed by atoms with Crippen LogP contribution in [0.1, 0.15) is 144 Å². The van der Waals surface area contributed by atoms with Gasteiger partial charge in [0.1, 0.15) is 23.0 Å². The zero-order chi connectivity index (χ0) is 54.2. The van der Waals surface area contributed by atoms with Crippen molar-refractivity contribution in [3.63, 3.8) is 0 Å². The number of nitrogens with two attached hydrogens (primary N) is 1. The van der Waals surface area contributed by atoms with Gasteiger partial charge in [-0.25, -0.2) is 17.6 Å². The fourth-order valence-corrected chi connectivity index (χ4v) is 12.6. The molecule has 0 radical (unpaired) electrons. The van der Waals surface area contributed by atoms with Crippen LogP contribution in [0, 0.1) is 48.4 Å². The molecule has 2 fully saturated rings. The Hall–Kier alpha value is -4.52. The summed E-state index contributed by atoms with van der Waals surface area (Å²) in [5, 5.41) is 11.3. The molecular formula is C64H84ClF4N7Na-. The molecule has 412 valence electrons. The van der Waals surface area contributed by atoms with E-state index in [-0.39, 0.29) is 81.5 Å². The Morgan fingerprint density at radius 3 is 2.29 bits per heavy atom. The van der Waals surface area contributed by atoms with Crippen LogP contribution in [0.2, 0.25) is 5.02 Å². The third kappa shape index (κ3) is 13.9. The second-order valence-corrected chi connectivity index (χ2v) is 22.4. The number of rotatable bonds is 21. The van der Waals surface area contributed by atoms with Crippen LogP contribution in [0.25, 0.3) is 27.7 Å². The van der Waals surface area contributed by atoms with Gasteiger partial charge in [-0.15, -0.1) is 6.58 Å². The van der Waals surface area contributed by atoms with E-state index in [0.29, 0.717) is 65.0 Å². The fourth-order valence-electron chi connectivity index (χ4n) is 12.4. The van der Waals surface area contributed by atoms with Gasteiger partial charge in [0, 0.05) is 67.1 Å². The molecule has 0 spiro atoms. The van der Waals surface area contributed by atoms with Crippen molar-refractivity contribution in [2.75, 3.05) is 44.7 Å². The number of halogens is 5. The number of nitrogens with one attached hydrogen (secondary N) is 2. The molecule has 3 atom stereocenters. The predicted octanol–water partition coefficient (Wildman–Crippen LogP) is 12.6. The van der Waals surface area contributed by atoms with Crippen molar-refractivity contribution in [3.8, 4) is 11.1 Å². The summed E-state index contributed by atoms with van der Waals surface area (Å²) in [7, 11) is 3.50. The monoisotopic (exact) mass is 1080 g/mol. The molecule has 7 nitrogen and oxygen atoms in total. The Labute approximate surface area is 486 Å². The third-order valence-electron chi connectivity index (χ3n) is 16.9. The molecular weight excluding hydrogens is 1000 g/mol. The van der Waals surface area contributed by atoms with Crippen molar-refractivity contribution >= 4 is 34.0 Å². The number of nitrogens with zero attached hydrogens (tertiary/aromatic N) is 4. The topological polar surface area (TPSA) is 74.4 Å². The molecule has 3 unspecified atom stereocenters. The first-order valence-corrected chi connectivity index (χ1v) is 27.6. The Morgan fingerprint density at radius 1 is 0.974 bits per heavy atom. The zero-order valence-corrected chi connectivity index (χ0v) is 50.2. The molecule has 77 heavy (non-hydrogen) atoms. The van der Waals surface area contributed by atoms with Crippen molar-refractivity contribution < 1.29 is 47.1 Å². The number of fused-ring (bicyclic) bond motifs is 2. The normalized spacial score (nSPS) is 18.5. The molecule has 8 rings (SSSR count). The van der Waals surface area contributed by atoms with Crippen molar-refractivity contribution in [2.45, 2.75) is 128 Å². The molecule has 4 N–H and O–H groups in total. The maximum atomic E-state index is 16.2. The molecule has 1 saturated carbocycles. The number of likely N-dealkylation sites (tertiary alicyclic amines) is 1. The van der Waals surface area contributed by atoms with Crippen LogP contribution in [0.15, 0.2) is 99.0 Å². The molecule has 0 amide bonds. The minimum Gasteiger partial charge on any atom is -0.399 e. The van der Waals surface area contributed by atoms with Gasteiger partial charge in [0.15, 0.2) is 11.6 Å². The molecule has 5 aromatic rings. The van der Waals surface area contributed by atoms with E-state index in [2.05, 4.69) is 86.3 Å². The Kier molecular flexibility index (Phi) is 23.1. The van der Waals surface area contributed by atoms with E-state index >= 15 is 17.6 Å². The van der Waals surface area contributed by atoms with Gasteiger partial charge >= 0.3 is 29.6 Å². The quantitative estimate of drug-likeness (QED) is 0.0224. The molecule has 1 saturated heterocycles. The standard InChI is InChI=1S/C35H53F2N6.C28H28ClF2N.CH3.Na/c1-7-9-21-43(26(3)38-5)34-29-24-30(36)31(32(37)33(29)41(6)40-34)28-16-22-42(23-17-28)25-35(4,19-20-39-8-2)18-15-27-13-11-10-12-14-27;1-5-9-18-12-13-21(17(3)32)24(27(18)31)25-23-16(2)28(4,20-10-7-6-8-11-20)15-19(23)14-22(30)26(25)29;;/h7-8,10,24,27-28,38-39H,1-3,9,11-23,25H2,4-6H3;6-8,10-14,16H,3,5,9,15,32H2,1-2,4H3;1H3;/q-1;;-1;+1. The number of aryl methyl sites for hydroxylation is 2. The first-order valence-electron chi connectivity index (χ1n) is 27.2. The summed E-state index contributed by atoms with van der Waals surface area (Å²) in [6.45, 7) is 28.4. The maximum absolute atomic E-state index is 16.2. The molecule has 0 bridgehead atoms. The van der Waals surface area contributed by atoms with Gasteiger partial charge in [0.25, 0.3) is 0 Å². The molecule has 13 heteroatoms. The number of hydrogen-bond donors (Lipinski definition) is 3. The van der Waals surface area contributed by atoms with E-state index in [0.717, 1.165) is 74.5 Å². The summed E-state index contributed by atoms with van der Waals surface area (Å²) in [6.07, 6.45) is 18.9. The Bertz CT molecular complexity index is 2840. The molecule has 1 aliphatic heterocycles. The zero-order valence-electron chi connectivity index (χ0n) is 47.5. The molecule has 4 aromatic carbocycles. The van der Waals surface area contributed by atoms with Gasteiger partial charge in [0.2, 0.25) is 0 Å². The van der Waals surface area contributed by atoms with Crippen LogP contribution >= 0.6 is 11.6 Å². The molecule has 1 aromatic heterocycles. The minimum absolute atomic E-state index is 0. The summed E-state index contributed by atoms with van der Waals surface area (Å²) in [6, 6.07) is 16.7.